The van der Waals surface area contributed by atoms with Crippen molar-refractivity contribution in [2.45, 2.75) is 45.2 Å². The molecule has 0 radical (unpaired) electrons. The van der Waals surface area contributed by atoms with Gasteiger partial charge in [-0.3, -0.25) is 0 Å². The first-order valence-corrected chi connectivity index (χ1v) is 6.14. The van der Waals surface area contributed by atoms with Crippen molar-refractivity contribution < 1.29 is 0 Å². The summed E-state index contributed by atoms with van der Waals surface area (Å²) in [5, 5.41) is 8.38. The topological polar surface area (TPSA) is 55.0 Å². The SMILES string of the molecule is CCN(c1ccc(CN)nn1)C1CCCC1. The maximum absolute atomic E-state index is 5.51. The van der Waals surface area contributed by atoms with Crippen molar-refractivity contribution in [1.82, 2.24) is 10.2 Å². The molecule has 1 aliphatic carbocycles. The van der Waals surface area contributed by atoms with Gasteiger partial charge in [0.05, 0.1) is 5.69 Å². The normalized spacial score (nSPS) is 16.6. The van der Waals surface area contributed by atoms with Gasteiger partial charge in [0, 0.05) is 19.1 Å². The maximum atomic E-state index is 5.51. The van der Waals surface area contributed by atoms with Crippen LogP contribution in [0, 0.1) is 0 Å². The smallest absolute Gasteiger partial charge is 0.151 e. The molecule has 1 fully saturated rings. The molecule has 1 aromatic heterocycles. The fourth-order valence-electron chi connectivity index (χ4n) is 2.44. The Labute approximate surface area is 96.9 Å². The summed E-state index contributed by atoms with van der Waals surface area (Å²) in [6.45, 7) is 3.64. The third-order valence-electron chi connectivity index (χ3n) is 3.32. The van der Waals surface area contributed by atoms with Crippen molar-refractivity contribution in [3.05, 3.63) is 17.8 Å². The van der Waals surface area contributed by atoms with E-state index >= 15 is 0 Å². The summed E-state index contributed by atoms with van der Waals surface area (Å²) in [5.41, 5.74) is 6.37. The average Bonchev–Trinajstić information content (AvgIpc) is 2.85. The van der Waals surface area contributed by atoms with Crippen LogP contribution in [0.5, 0.6) is 0 Å². The molecule has 1 heterocycles. The van der Waals surface area contributed by atoms with Crippen LogP contribution in [0.1, 0.15) is 38.3 Å². The molecule has 0 amide bonds. The lowest BCUT2D eigenvalue weighted by Crippen LogP contribution is -2.33. The Morgan fingerprint density at radius 2 is 2.06 bits per heavy atom. The molecule has 0 unspecified atom stereocenters. The average molecular weight is 220 g/mol. The van der Waals surface area contributed by atoms with Gasteiger partial charge >= 0.3 is 0 Å². The van der Waals surface area contributed by atoms with Crippen molar-refractivity contribution in [1.29, 1.82) is 0 Å². The van der Waals surface area contributed by atoms with Crippen LogP contribution in [0.2, 0.25) is 0 Å². The maximum Gasteiger partial charge on any atom is 0.151 e. The lowest BCUT2D eigenvalue weighted by molar-refractivity contribution is 0.608. The molecule has 0 bridgehead atoms. The van der Waals surface area contributed by atoms with Crippen LogP contribution in [0.4, 0.5) is 5.82 Å². The second-order valence-corrected chi connectivity index (χ2v) is 4.31. The molecule has 1 saturated carbocycles. The van der Waals surface area contributed by atoms with Crippen molar-refractivity contribution in [2.75, 3.05) is 11.4 Å². The second kappa shape index (κ2) is 5.25. The number of anilines is 1. The van der Waals surface area contributed by atoms with Gasteiger partial charge in [0.1, 0.15) is 0 Å². The van der Waals surface area contributed by atoms with E-state index < -0.39 is 0 Å². The Kier molecular flexibility index (Phi) is 3.72. The van der Waals surface area contributed by atoms with E-state index in [2.05, 4.69) is 22.0 Å². The molecule has 4 heteroatoms. The van der Waals surface area contributed by atoms with E-state index in [-0.39, 0.29) is 0 Å². The molecule has 0 spiro atoms. The Balaban J connectivity index is 2.12. The summed E-state index contributed by atoms with van der Waals surface area (Å²) in [4.78, 5) is 2.36. The van der Waals surface area contributed by atoms with E-state index in [1.807, 2.05) is 12.1 Å². The van der Waals surface area contributed by atoms with Crippen molar-refractivity contribution >= 4 is 5.82 Å². The van der Waals surface area contributed by atoms with E-state index in [9.17, 15) is 0 Å². The Morgan fingerprint density at radius 3 is 2.56 bits per heavy atom. The van der Waals surface area contributed by atoms with Crippen LogP contribution in [-0.4, -0.2) is 22.8 Å². The fraction of sp³-hybridized carbons (Fsp3) is 0.667. The van der Waals surface area contributed by atoms with Gasteiger partial charge in [0.25, 0.3) is 0 Å². The van der Waals surface area contributed by atoms with Gasteiger partial charge in [-0.1, -0.05) is 12.8 Å². The highest BCUT2D eigenvalue weighted by atomic mass is 15.3. The van der Waals surface area contributed by atoms with Crippen LogP contribution in [-0.2, 0) is 6.54 Å². The molecule has 4 nitrogen and oxygen atoms in total. The second-order valence-electron chi connectivity index (χ2n) is 4.31. The molecule has 1 aromatic rings. The van der Waals surface area contributed by atoms with Gasteiger partial charge in [-0.25, -0.2) is 0 Å². The number of hydrogen-bond donors (Lipinski definition) is 1. The molecule has 2 N–H and O–H groups in total. The highest BCUT2D eigenvalue weighted by molar-refractivity contribution is 5.38. The lowest BCUT2D eigenvalue weighted by atomic mass is 10.2. The Hall–Kier alpha value is -1.16. The summed E-state index contributed by atoms with van der Waals surface area (Å²) >= 11 is 0. The summed E-state index contributed by atoms with van der Waals surface area (Å²) in [6.07, 6.45) is 5.26. The highest BCUT2D eigenvalue weighted by Crippen LogP contribution is 2.26. The minimum atomic E-state index is 0.461. The van der Waals surface area contributed by atoms with Gasteiger partial charge in [-0.05, 0) is 31.9 Å². The van der Waals surface area contributed by atoms with Gasteiger partial charge < -0.3 is 10.6 Å². The lowest BCUT2D eigenvalue weighted by Gasteiger charge is -2.28. The van der Waals surface area contributed by atoms with E-state index in [4.69, 9.17) is 5.73 Å². The van der Waals surface area contributed by atoms with Crippen LogP contribution in [0.15, 0.2) is 12.1 Å². The summed E-state index contributed by atoms with van der Waals surface area (Å²) in [7, 11) is 0. The summed E-state index contributed by atoms with van der Waals surface area (Å²) < 4.78 is 0. The Morgan fingerprint density at radius 1 is 1.31 bits per heavy atom. The standard InChI is InChI=1S/C12H20N4/c1-2-16(11-5-3-4-6-11)12-8-7-10(9-13)14-15-12/h7-8,11H,2-6,9,13H2,1H3. The number of aromatic nitrogens is 2. The first-order valence-electron chi connectivity index (χ1n) is 6.14. The molecule has 0 aliphatic heterocycles. The molecule has 1 aliphatic rings. The zero-order chi connectivity index (χ0) is 11.4. The van der Waals surface area contributed by atoms with Crippen molar-refractivity contribution in [3.8, 4) is 0 Å². The van der Waals surface area contributed by atoms with E-state index in [1.165, 1.54) is 25.7 Å². The van der Waals surface area contributed by atoms with E-state index in [0.29, 0.717) is 12.6 Å². The summed E-state index contributed by atoms with van der Waals surface area (Å²) in [6, 6.07) is 4.67. The van der Waals surface area contributed by atoms with Crippen LogP contribution in [0.25, 0.3) is 0 Å². The minimum Gasteiger partial charge on any atom is -0.352 e. The molecule has 88 valence electrons. The monoisotopic (exact) mass is 220 g/mol. The Bertz CT molecular complexity index is 316. The molecule has 0 atom stereocenters. The number of rotatable bonds is 4. The predicted molar refractivity (Wildman–Crippen MR) is 65.2 cm³/mol. The van der Waals surface area contributed by atoms with Gasteiger partial charge in [0.15, 0.2) is 5.82 Å². The first kappa shape index (κ1) is 11.3. The van der Waals surface area contributed by atoms with Crippen LogP contribution < -0.4 is 10.6 Å². The fourth-order valence-corrected chi connectivity index (χ4v) is 2.44. The third kappa shape index (κ3) is 2.32. The largest absolute Gasteiger partial charge is 0.352 e. The molecular weight excluding hydrogens is 200 g/mol. The molecule has 2 rings (SSSR count). The number of nitrogens with two attached hydrogens (primary N) is 1. The van der Waals surface area contributed by atoms with Gasteiger partial charge in [0.2, 0.25) is 0 Å². The molecule has 0 saturated heterocycles. The quantitative estimate of drug-likeness (QED) is 0.839. The van der Waals surface area contributed by atoms with Crippen molar-refractivity contribution in [2.24, 2.45) is 5.73 Å². The minimum absolute atomic E-state index is 0.461. The van der Waals surface area contributed by atoms with Crippen LogP contribution in [0.3, 0.4) is 0 Å². The van der Waals surface area contributed by atoms with E-state index in [1.54, 1.807) is 0 Å². The van der Waals surface area contributed by atoms with Gasteiger partial charge in [-0.15, -0.1) is 5.10 Å². The highest BCUT2D eigenvalue weighted by Gasteiger charge is 2.22. The first-order chi connectivity index (χ1) is 7.85. The zero-order valence-electron chi connectivity index (χ0n) is 9.89. The third-order valence-corrected chi connectivity index (χ3v) is 3.32. The predicted octanol–water partition coefficient (Wildman–Crippen LogP) is 1.70. The number of hydrogen-bond acceptors (Lipinski definition) is 4. The van der Waals surface area contributed by atoms with Crippen molar-refractivity contribution in [3.63, 3.8) is 0 Å². The van der Waals surface area contributed by atoms with E-state index in [0.717, 1.165) is 18.1 Å². The molecular formula is C12H20N4. The molecule has 16 heavy (non-hydrogen) atoms. The summed E-state index contributed by atoms with van der Waals surface area (Å²) in [5.74, 6) is 0.992. The van der Waals surface area contributed by atoms with Gasteiger partial charge in [-0.2, -0.15) is 5.10 Å². The molecule has 0 aromatic carbocycles. The van der Waals surface area contributed by atoms with Crippen LogP contribution >= 0.6 is 0 Å². The zero-order valence-corrected chi connectivity index (χ0v) is 9.89. The number of nitrogens with zero attached hydrogens (tertiary/aromatic N) is 3.